The quantitative estimate of drug-likeness (QED) is 0.539. The van der Waals surface area contributed by atoms with Gasteiger partial charge in [0.2, 0.25) is 11.8 Å². The Balaban J connectivity index is 2.01. The van der Waals surface area contributed by atoms with E-state index in [9.17, 15) is 9.59 Å². The second kappa shape index (κ2) is 11.4. The van der Waals surface area contributed by atoms with Crippen LogP contribution in [0, 0.1) is 0 Å². The topological polar surface area (TPSA) is 49.4 Å². The van der Waals surface area contributed by atoms with Crippen LogP contribution in [-0.4, -0.2) is 40.6 Å². The van der Waals surface area contributed by atoms with Gasteiger partial charge < -0.3 is 10.2 Å². The van der Waals surface area contributed by atoms with Crippen LogP contribution in [0.15, 0.2) is 59.5 Å². The standard InChI is InChI=1S/C24H31ClN2O2S/c1-18(23(29)26-24(2,3)4)27(16-14-19-8-6-5-7-9-19)22(28)15-17-30-21-12-10-20(25)11-13-21/h5-13,18H,14-17H2,1-4H3,(H,26,29)/t18-/m1/s1. The Morgan fingerprint density at radius 3 is 2.30 bits per heavy atom. The van der Waals surface area contributed by atoms with E-state index in [-0.39, 0.29) is 17.4 Å². The van der Waals surface area contributed by atoms with Crippen molar-refractivity contribution in [2.75, 3.05) is 12.3 Å². The normalized spacial score (nSPS) is 12.3. The van der Waals surface area contributed by atoms with E-state index in [1.54, 1.807) is 23.6 Å². The van der Waals surface area contributed by atoms with Crippen molar-refractivity contribution in [2.24, 2.45) is 0 Å². The summed E-state index contributed by atoms with van der Waals surface area (Å²) in [6.07, 6.45) is 1.08. The highest BCUT2D eigenvalue weighted by molar-refractivity contribution is 7.99. The second-order valence-corrected chi connectivity index (χ2v) is 9.90. The molecule has 0 fully saturated rings. The third-order valence-electron chi connectivity index (χ3n) is 4.55. The number of carbonyl (C=O) groups is 2. The highest BCUT2D eigenvalue weighted by Crippen LogP contribution is 2.21. The molecule has 0 saturated carbocycles. The van der Waals surface area contributed by atoms with E-state index in [1.165, 1.54) is 0 Å². The fraction of sp³-hybridized carbons (Fsp3) is 0.417. The van der Waals surface area contributed by atoms with Crippen LogP contribution in [0.2, 0.25) is 5.02 Å². The number of halogens is 1. The number of nitrogens with zero attached hydrogens (tertiary/aromatic N) is 1. The van der Waals surface area contributed by atoms with Gasteiger partial charge in [0, 0.05) is 34.2 Å². The predicted octanol–water partition coefficient (Wildman–Crippen LogP) is 5.20. The van der Waals surface area contributed by atoms with E-state index < -0.39 is 6.04 Å². The van der Waals surface area contributed by atoms with E-state index in [0.29, 0.717) is 30.2 Å². The van der Waals surface area contributed by atoms with Crippen LogP contribution in [0.5, 0.6) is 0 Å². The summed E-state index contributed by atoms with van der Waals surface area (Å²) in [5, 5.41) is 3.68. The van der Waals surface area contributed by atoms with Crippen LogP contribution >= 0.6 is 23.4 Å². The molecule has 0 bridgehead atoms. The molecule has 0 heterocycles. The molecule has 2 aromatic rings. The minimum absolute atomic E-state index is 0.0102. The summed E-state index contributed by atoms with van der Waals surface area (Å²) in [4.78, 5) is 28.5. The van der Waals surface area contributed by atoms with Crippen molar-refractivity contribution < 1.29 is 9.59 Å². The first-order chi connectivity index (χ1) is 14.2. The van der Waals surface area contributed by atoms with Crippen LogP contribution in [0.1, 0.15) is 39.7 Å². The van der Waals surface area contributed by atoms with Gasteiger partial charge in [-0.25, -0.2) is 0 Å². The number of benzene rings is 2. The van der Waals surface area contributed by atoms with Crippen LogP contribution in [0.25, 0.3) is 0 Å². The largest absolute Gasteiger partial charge is 0.350 e. The lowest BCUT2D eigenvalue weighted by molar-refractivity contribution is -0.140. The van der Waals surface area contributed by atoms with Crippen molar-refractivity contribution in [1.82, 2.24) is 10.2 Å². The van der Waals surface area contributed by atoms with Gasteiger partial charge in [0.1, 0.15) is 6.04 Å². The molecular formula is C24H31ClN2O2S. The maximum atomic E-state index is 13.0. The predicted molar refractivity (Wildman–Crippen MR) is 126 cm³/mol. The molecule has 0 saturated heterocycles. The maximum Gasteiger partial charge on any atom is 0.242 e. The number of hydrogen-bond acceptors (Lipinski definition) is 3. The van der Waals surface area contributed by atoms with Crippen LogP contribution in [0.4, 0.5) is 0 Å². The van der Waals surface area contributed by atoms with Crippen molar-refractivity contribution >= 4 is 35.2 Å². The lowest BCUT2D eigenvalue weighted by Gasteiger charge is -2.31. The molecule has 0 radical (unpaired) electrons. The molecule has 1 atom stereocenters. The van der Waals surface area contributed by atoms with Crippen molar-refractivity contribution in [3.05, 3.63) is 65.2 Å². The SMILES string of the molecule is C[C@H](C(=O)NC(C)(C)C)N(CCc1ccccc1)C(=O)CCSc1ccc(Cl)cc1. The van der Waals surface area contributed by atoms with Crippen molar-refractivity contribution in [2.45, 2.75) is 57.0 Å². The molecule has 0 aliphatic rings. The summed E-state index contributed by atoms with van der Waals surface area (Å²) in [5.41, 5.74) is 0.804. The van der Waals surface area contributed by atoms with E-state index in [0.717, 1.165) is 10.5 Å². The van der Waals surface area contributed by atoms with Gasteiger partial charge in [-0.05, 0) is 63.9 Å². The van der Waals surface area contributed by atoms with Crippen molar-refractivity contribution in [3.8, 4) is 0 Å². The fourth-order valence-corrected chi connectivity index (χ4v) is 3.94. The van der Waals surface area contributed by atoms with Crippen molar-refractivity contribution in [1.29, 1.82) is 0 Å². The molecule has 0 aliphatic carbocycles. The number of nitrogens with one attached hydrogen (secondary N) is 1. The summed E-state index contributed by atoms with van der Waals surface area (Å²) >= 11 is 7.54. The zero-order chi connectivity index (χ0) is 22.1. The van der Waals surface area contributed by atoms with Gasteiger partial charge in [-0.15, -0.1) is 11.8 Å². The Labute approximate surface area is 189 Å². The Morgan fingerprint density at radius 2 is 1.70 bits per heavy atom. The second-order valence-electron chi connectivity index (χ2n) is 8.29. The molecule has 2 amide bonds. The highest BCUT2D eigenvalue weighted by Gasteiger charge is 2.27. The molecule has 2 rings (SSSR count). The van der Waals surface area contributed by atoms with Crippen LogP contribution < -0.4 is 5.32 Å². The summed E-state index contributed by atoms with van der Waals surface area (Å²) in [7, 11) is 0. The Morgan fingerprint density at radius 1 is 1.07 bits per heavy atom. The van der Waals surface area contributed by atoms with E-state index in [1.807, 2.05) is 75.4 Å². The molecule has 0 aliphatic heterocycles. The van der Waals surface area contributed by atoms with Gasteiger partial charge in [0.25, 0.3) is 0 Å². The number of thioether (sulfide) groups is 1. The molecule has 0 spiro atoms. The minimum atomic E-state index is -0.527. The molecule has 1 N–H and O–H groups in total. The maximum absolute atomic E-state index is 13.0. The molecule has 162 valence electrons. The van der Waals surface area contributed by atoms with Crippen LogP contribution in [-0.2, 0) is 16.0 Å². The third kappa shape index (κ3) is 8.41. The zero-order valence-corrected chi connectivity index (χ0v) is 19.7. The first-order valence-corrected chi connectivity index (χ1v) is 11.6. The molecule has 4 nitrogen and oxygen atoms in total. The monoisotopic (exact) mass is 446 g/mol. The molecule has 0 aromatic heterocycles. The Hall–Kier alpha value is -1.98. The van der Waals surface area contributed by atoms with Gasteiger partial charge in [-0.3, -0.25) is 9.59 Å². The molecular weight excluding hydrogens is 416 g/mol. The molecule has 6 heteroatoms. The van der Waals surface area contributed by atoms with Gasteiger partial charge in [-0.2, -0.15) is 0 Å². The van der Waals surface area contributed by atoms with Gasteiger partial charge in [-0.1, -0.05) is 41.9 Å². The first-order valence-electron chi connectivity index (χ1n) is 10.2. The van der Waals surface area contributed by atoms with Gasteiger partial charge >= 0.3 is 0 Å². The lowest BCUT2D eigenvalue weighted by Crippen LogP contribution is -2.53. The number of hydrogen-bond donors (Lipinski definition) is 1. The first kappa shape index (κ1) is 24.3. The van der Waals surface area contributed by atoms with Gasteiger partial charge in [0.15, 0.2) is 0 Å². The summed E-state index contributed by atoms with van der Waals surface area (Å²) in [6.45, 7) is 8.13. The Kier molecular flexibility index (Phi) is 9.25. The third-order valence-corrected chi connectivity index (χ3v) is 5.81. The summed E-state index contributed by atoms with van der Waals surface area (Å²) in [6, 6.07) is 17.1. The highest BCUT2D eigenvalue weighted by atomic mass is 35.5. The number of amides is 2. The molecule has 2 aromatic carbocycles. The van der Waals surface area contributed by atoms with E-state index >= 15 is 0 Å². The zero-order valence-electron chi connectivity index (χ0n) is 18.2. The summed E-state index contributed by atoms with van der Waals surface area (Å²) in [5.74, 6) is 0.508. The van der Waals surface area contributed by atoms with E-state index in [2.05, 4.69) is 5.32 Å². The number of rotatable bonds is 9. The van der Waals surface area contributed by atoms with E-state index in [4.69, 9.17) is 11.6 Å². The number of carbonyl (C=O) groups excluding carboxylic acids is 2. The molecule has 30 heavy (non-hydrogen) atoms. The fourth-order valence-electron chi connectivity index (χ4n) is 2.97. The van der Waals surface area contributed by atoms with Gasteiger partial charge in [0.05, 0.1) is 0 Å². The summed E-state index contributed by atoms with van der Waals surface area (Å²) < 4.78 is 0. The Bertz CT molecular complexity index is 819. The molecule has 0 unspecified atom stereocenters. The van der Waals surface area contributed by atoms with Crippen molar-refractivity contribution in [3.63, 3.8) is 0 Å². The lowest BCUT2D eigenvalue weighted by atomic mass is 10.1. The average molecular weight is 447 g/mol. The smallest absolute Gasteiger partial charge is 0.242 e. The van der Waals surface area contributed by atoms with Crippen LogP contribution in [0.3, 0.4) is 0 Å². The minimum Gasteiger partial charge on any atom is -0.350 e. The average Bonchev–Trinajstić information content (AvgIpc) is 2.69.